The maximum atomic E-state index is 11.5. The Kier molecular flexibility index (Phi) is 8.01. The van der Waals surface area contributed by atoms with E-state index in [2.05, 4.69) is 6.92 Å². The molecule has 0 saturated carbocycles. The minimum atomic E-state index is -0.511. The Morgan fingerprint density at radius 2 is 2.07 bits per heavy atom. The van der Waals surface area contributed by atoms with Crippen LogP contribution in [0.15, 0.2) is 12.2 Å². The fourth-order valence-electron chi connectivity index (χ4n) is 1.26. The summed E-state index contributed by atoms with van der Waals surface area (Å²) in [7, 11) is 0. The van der Waals surface area contributed by atoms with Crippen LogP contribution in [-0.4, -0.2) is 23.8 Å². The van der Waals surface area contributed by atoms with Gasteiger partial charge in [-0.05, 0) is 20.3 Å². The quantitative estimate of drug-likeness (QED) is 0.522. The molecule has 0 aliphatic carbocycles. The lowest BCUT2D eigenvalue weighted by atomic mass is 10.0. The number of unbranched alkanes of at least 4 members (excludes halogenated alkanes) is 1. The number of aliphatic hydroxyl groups is 1. The van der Waals surface area contributed by atoms with Crippen molar-refractivity contribution in [3.05, 3.63) is 12.2 Å². The second kappa shape index (κ2) is 8.48. The molecule has 0 rings (SSSR count). The van der Waals surface area contributed by atoms with E-state index in [1.165, 1.54) is 0 Å². The molecule has 0 radical (unpaired) electrons. The number of esters is 1. The van der Waals surface area contributed by atoms with Crippen LogP contribution in [-0.2, 0) is 9.53 Å². The number of hydrogen-bond acceptors (Lipinski definition) is 3. The van der Waals surface area contributed by atoms with Gasteiger partial charge in [-0.25, -0.2) is 0 Å². The summed E-state index contributed by atoms with van der Waals surface area (Å²) in [6.07, 6.45) is 5.71. The summed E-state index contributed by atoms with van der Waals surface area (Å²) >= 11 is 0. The minimum absolute atomic E-state index is 0.192. The average molecular weight is 214 g/mol. The molecule has 3 nitrogen and oxygen atoms in total. The second-order valence-corrected chi connectivity index (χ2v) is 3.63. The number of ether oxygens (including phenoxy) is 1. The first kappa shape index (κ1) is 14.2. The molecule has 0 unspecified atom stereocenters. The van der Waals surface area contributed by atoms with Crippen LogP contribution < -0.4 is 0 Å². The molecule has 1 N–H and O–H groups in total. The maximum Gasteiger partial charge on any atom is 0.312 e. The van der Waals surface area contributed by atoms with Crippen LogP contribution in [0, 0.1) is 5.92 Å². The third-order valence-electron chi connectivity index (χ3n) is 2.08. The lowest BCUT2D eigenvalue weighted by Gasteiger charge is -2.11. The molecule has 0 aliphatic heterocycles. The number of carbonyl (C=O) groups is 1. The standard InChI is InChI=1S/C12H22O3/c1-4-6-7-11(9-8-10(3)13)12(14)15-5-2/h8-11,13H,4-7H2,1-3H3/b9-8+/t10-,11-/m1/s1. The van der Waals surface area contributed by atoms with Gasteiger partial charge in [-0.3, -0.25) is 4.79 Å². The zero-order chi connectivity index (χ0) is 11.7. The van der Waals surface area contributed by atoms with Gasteiger partial charge < -0.3 is 9.84 Å². The Bertz CT molecular complexity index is 197. The summed E-state index contributed by atoms with van der Waals surface area (Å²) in [6.45, 7) is 5.95. The molecule has 15 heavy (non-hydrogen) atoms. The van der Waals surface area contributed by atoms with Crippen molar-refractivity contribution in [1.82, 2.24) is 0 Å². The van der Waals surface area contributed by atoms with Crippen molar-refractivity contribution in [1.29, 1.82) is 0 Å². The van der Waals surface area contributed by atoms with Crippen LogP contribution in [0.2, 0.25) is 0 Å². The molecular formula is C12H22O3. The first-order valence-corrected chi connectivity index (χ1v) is 5.64. The lowest BCUT2D eigenvalue weighted by molar-refractivity contribution is -0.146. The predicted molar refractivity (Wildman–Crippen MR) is 60.5 cm³/mol. The second-order valence-electron chi connectivity index (χ2n) is 3.63. The fourth-order valence-corrected chi connectivity index (χ4v) is 1.26. The van der Waals surface area contributed by atoms with E-state index in [1.807, 2.05) is 0 Å². The van der Waals surface area contributed by atoms with Gasteiger partial charge in [0.05, 0.1) is 18.6 Å². The SMILES string of the molecule is CCCC[C@H](/C=C/[C@@H](C)O)C(=O)OCC. The molecule has 0 aromatic heterocycles. The summed E-state index contributed by atoms with van der Waals surface area (Å²) in [5.41, 5.74) is 0. The maximum absolute atomic E-state index is 11.5. The first-order chi connectivity index (χ1) is 7.11. The highest BCUT2D eigenvalue weighted by Gasteiger charge is 2.15. The fraction of sp³-hybridized carbons (Fsp3) is 0.750. The van der Waals surface area contributed by atoms with Crippen LogP contribution in [0.5, 0.6) is 0 Å². The summed E-state index contributed by atoms with van der Waals surface area (Å²) < 4.78 is 4.96. The Labute approximate surface area is 92.1 Å². The van der Waals surface area contributed by atoms with Crippen molar-refractivity contribution in [3.8, 4) is 0 Å². The number of aliphatic hydroxyl groups excluding tert-OH is 1. The highest BCUT2D eigenvalue weighted by Crippen LogP contribution is 2.12. The lowest BCUT2D eigenvalue weighted by Crippen LogP contribution is -2.16. The third kappa shape index (κ3) is 7.14. The third-order valence-corrected chi connectivity index (χ3v) is 2.08. The first-order valence-electron chi connectivity index (χ1n) is 5.64. The Hall–Kier alpha value is -0.830. The Morgan fingerprint density at radius 3 is 2.53 bits per heavy atom. The van der Waals surface area contributed by atoms with Crippen LogP contribution in [0.1, 0.15) is 40.0 Å². The van der Waals surface area contributed by atoms with Gasteiger partial charge in [0, 0.05) is 0 Å². The Morgan fingerprint density at radius 1 is 1.40 bits per heavy atom. The largest absolute Gasteiger partial charge is 0.466 e. The number of hydrogen-bond donors (Lipinski definition) is 1. The molecular weight excluding hydrogens is 192 g/mol. The van der Waals surface area contributed by atoms with Gasteiger partial charge in [-0.1, -0.05) is 31.9 Å². The van der Waals surface area contributed by atoms with Crippen LogP contribution in [0.4, 0.5) is 0 Å². The molecule has 0 saturated heterocycles. The van der Waals surface area contributed by atoms with Crippen molar-refractivity contribution >= 4 is 5.97 Å². The van der Waals surface area contributed by atoms with Gasteiger partial charge in [-0.2, -0.15) is 0 Å². The monoisotopic (exact) mass is 214 g/mol. The molecule has 0 aromatic rings. The van der Waals surface area contributed by atoms with Crippen molar-refractivity contribution in [3.63, 3.8) is 0 Å². The van der Waals surface area contributed by atoms with E-state index in [-0.39, 0.29) is 11.9 Å². The highest BCUT2D eigenvalue weighted by atomic mass is 16.5. The summed E-state index contributed by atoms with van der Waals surface area (Å²) in [5.74, 6) is -0.401. The molecule has 0 aromatic carbocycles. The highest BCUT2D eigenvalue weighted by molar-refractivity contribution is 5.74. The minimum Gasteiger partial charge on any atom is -0.466 e. The van der Waals surface area contributed by atoms with Gasteiger partial charge in [0.15, 0.2) is 0 Å². The normalized spacial score (nSPS) is 15.2. The van der Waals surface area contributed by atoms with E-state index in [1.54, 1.807) is 26.0 Å². The molecule has 88 valence electrons. The van der Waals surface area contributed by atoms with Crippen molar-refractivity contribution in [2.75, 3.05) is 6.61 Å². The van der Waals surface area contributed by atoms with Crippen LogP contribution >= 0.6 is 0 Å². The molecule has 0 fully saturated rings. The zero-order valence-corrected chi connectivity index (χ0v) is 9.90. The predicted octanol–water partition coefficient (Wildman–Crippen LogP) is 2.29. The summed E-state index contributed by atoms with van der Waals surface area (Å²) in [6, 6.07) is 0. The molecule has 0 aliphatic rings. The van der Waals surface area contributed by atoms with Gasteiger partial charge in [-0.15, -0.1) is 0 Å². The van der Waals surface area contributed by atoms with Gasteiger partial charge in [0.25, 0.3) is 0 Å². The smallest absolute Gasteiger partial charge is 0.312 e. The van der Waals surface area contributed by atoms with E-state index in [0.717, 1.165) is 19.3 Å². The zero-order valence-electron chi connectivity index (χ0n) is 9.90. The van der Waals surface area contributed by atoms with Crippen molar-refractivity contribution in [2.24, 2.45) is 5.92 Å². The van der Waals surface area contributed by atoms with Gasteiger partial charge in [0.1, 0.15) is 0 Å². The molecule has 0 spiro atoms. The average Bonchev–Trinajstić information content (AvgIpc) is 2.17. The molecule has 2 atom stereocenters. The van der Waals surface area contributed by atoms with Crippen LogP contribution in [0.3, 0.4) is 0 Å². The van der Waals surface area contributed by atoms with Crippen molar-refractivity contribution in [2.45, 2.75) is 46.1 Å². The van der Waals surface area contributed by atoms with E-state index < -0.39 is 6.10 Å². The molecule has 0 bridgehead atoms. The van der Waals surface area contributed by atoms with E-state index in [0.29, 0.717) is 6.61 Å². The van der Waals surface area contributed by atoms with E-state index in [9.17, 15) is 4.79 Å². The van der Waals surface area contributed by atoms with E-state index in [4.69, 9.17) is 9.84 Å². The van der Waals surface area contributed by atoms with Gasteiger partial charge >= 0.3 is 5.97 Å². The van der Waals surface area contributed by atoms with Crippen LogP contribution in [0.25, 0.3) is 0 Å². The number of carbonyl (C=O) groups excluding carboxylic acids is 1. The van der Waals surface area contributed by atoms with Crippen molar-refractivity contribution < 1.29 is 14.6 Å². The topological polar surface area (TPSA) is 46.5 Å². The number of rotatable bonds is 7. The molecule has 0 amide bonds. The molecule has 0 heterocycles. The van der Waals surface area contributed by atoms with E-state index >= 15 is 0 Å². The van der Waals surface area contributed by atoms with Gasteiger partial charge in [0.2, 0.25) is 0 Å². The molecule has 3 heteroatoms. The Balaban J connectivity index is 4.22. The summed E-state index contributed by atoms with van der Waals surface area (Å²) in [4.78, 5) is 11.5. The summed E-state index contributed by atoms with van der Waals surface area (Å²) in [5, 5.41) is 9.10.